The van der Waals surface area contributed by atoms with E-state index >= 15 is 0 Å². The minimum absolute atomic E-state index is 0.0141. The number of unbranched alkanes of at least 4 members (excludes halogenated alkanes) is 3. The number of phenols is 4. The highest BCUT2D eigenvalue weighted by atomic mass is 16.5. The second kappa shape index (κ2) is 33.0. The molecular weight excluding hydrogens is 1080 g/mol. The molecule has 0 saturated carbocycles. The van der Waals surface area contributed by atoms with Gasteiger partial charge in [-0.15, -0.1) is 0 Å². The highest BCUT2D eigenvalue weighted by Gasteiger charge is 2.21. The molecule has 8 aromatic rings. The molecule has 20 nitrogen and oxygen atoms in total. The number of phenolic OH excluding ortho intramolecular Hbond substituents is 4. The lowest BCUT2D eigenvalue weighted by atomic mass is 10.1. The van der Waals surface area contributed by atoms with Crippen LogP contribution in [0.2, 0.25) is 0 Å². The molecule has 0 aliphatic carbocycles. The number of rotatable bonds is 31. The summed E-state index contributed by atoms with van der Waals surface area (Å²) in [6, 6.07) is 37.7. The number of aliphatic hydroxyl groups is 3. The zero-order valence-electron chi connectivity index (χ0n) is 47.7. The second-order valence-corrected chi connectivity index (χ2v) is 19.4. The molecule has 2 heterocycles. The third kappa shape index (κ3) is 19.0. The van der Waals surface area contributed by atoms with Crippen molar-refractivity contribution in [3.63, 3.8) is 0 Å². The Bertz CT molecular complexity index is 3070. The van der Waals surface area contributed by atoms with Crippen molar-refractivity contribution in [3.8, 4) is 114 Å². The highest BCUT2D eigenvalue weighted by molar-refractivity contribution is 5.75. The molecule has 0 fully saturated rings. The van der Waals surface area contributed by atoms with Crippen LogP contribution in [-0.4, -0.2) is 151 Å². The van der Waals surface area contributed by atoms with Crippen LogP contribution in [0.25, 0.3) is 68.3 Å². The molecule has 0 saturated heterocycles. The van der Waals surface area contributed by atoms with Gasteiger partial charge in [0.15, 0.2) is 34.9 Å². The number of aromatic nitrogens is 6. The van der Waals surface area contributed by atoms with E-state index in [2.05, 4.69) is 50.7 Å². The van der Waals surface area contributed by atoms with E-state index in [9.17, 15) is 35.7 Å². The summed E-state index contributed by atoms with van der Waals surface area (Å²) in [4.78, 5) is 27.5. The monoisotopic (exact) mass is 1150 g/mol. The van der Waals surface area contributed by atoms with Gasteiger partial charge in [0.2, 0.25) is 0 Å². The van der Waals surface area contributed by atoms with Gasteiger partial charge in [-0.1, -0.05) is 82.5 Å². The summed E-state index contributed by atoms with van der Waals surface area (Å²) in [7, 11) is 1.63. The Morgan fingerprint density at radius 3 is 1.02 bits per heavy atom. The maximum Gasteiger partial charge on any atom is 0.167 e. The lowest BCUT2D eigenvalue weighted by Crippen LogP contribution is -2.23. The summed E-state index contributed by atoms with van der Waals surface area (Å²) < 4.78 is 38.6. The first kappa shape index (κ1) is 63.1. The molecule has 0 bridgehead atoms. The van der Waals surface area contributed by atoms with Crippen molar-refractivity contribution in [1.82, 2.24) is 29.9 Å². The van der Waals surface area contributed by atoms with Crippen LogP contribution in [0.15, 0.2) is 133 Å². The topological polar surface area (TPSA) is 284 Å². The fourth-order valence-corrected chi connectivity index (χ4v) is 7.97. The van der Waals surface area contributed by atoms with E-state index in [-0.39, 0.29) is 114 Å². The second-order valence-electron chi connectivity index (χ2n) is 19.4. The maximum absolute atomic E-state index is 11.1. The lowest BCUT2D eigenvalue weighted by Gasteiger charge is -2.15. The van der Waals surface area contributed by atoms with E-state index in [1.807, 2.05) is 60.7 Å². The van der Waals surface area contributed by atoms with Crippen molar-refractivity contribution < 1.29 is 68.9 Å². The van der Waals surface area contributed by atoms with E-state index in [1.54, 1.807) is 61.7 Å². The first-order valence-corrected chi connectivity index (χ1v) is 28.0. The summed E-state index contributed by atoms with van der Waals surface area (Å²) in [5, 5.41) is 74.3. The molecule has 0 aliphatic heterocycles. The van der Waals surface area contributed by atoms with Crippen molar-refractivity contribution in [2.75, 3.05) is 66.6 Å². The van der Waals surface area contributed by atoms with Crippen molar-refractivity contribution in [1.29, 1.82) is 0 Å². The Kier molecular flexibility index (Phi) is 24.8. The maximum atomic E-state index is 11.1. The summed E-state index contributed by atoms with van der Waals surface area (Å²) in [5.41, 5.74) is 2.87. The van der Waals surface area contributed by atoms with Gasteiger partial charge in [-0.25, -0.2) is 29.9 Å². The van der Waals surface area contributed by atoms with Gasteiger partial charge >= 0.3 is 0 Å². The first-order valence-electron chi connectivity index (χ1n) is 28.0. The van der Waals surface area contributed by atoms with Crippen molar-refractivity contribution in [3.05, 3.63) is 133 Å². The fraction of sp³-hybridized carbons (Fsp3) is 0.344. The quantitative estimate of drug-likeness (QED) is 0.0199. The number of nitrogens with zero attached hydrogens (tertiary/aromatic N) is 6. The Balaban J connectivity index is 0.000000309. The van der Waals surface area contributed by atoms with Gasteiger partial charge in [-0.05, 0) is 92.1 Å². The number of methoxy groups -OCH3 is 1. The molecule has 20 heteroatoms. The van der Waals surface area contributed by atoms with Crippen LogP contribution >= 0.6 is 0 Å². The molecule has 0 amide bonds. The van der Waals surface area contributed by atoms with E-state index in [0.717, 1.165) is 55.4 Å². The number of para-hydroxylation sites is 1. The predicted octanol–water partition coefficient (Wildman–Crippen LogP) is 10.2. The smallest absolute Gasteiger partial charge is 0.167 e. The fourth-order valence-electron chi connectivity index (χ4n) is 7.97. The largest absolute Gasteiger partial charge is 0.507 e. The zero-order chi connectivity index (χ0) is 59.6. The number of benzene rings is 6. The molecular formula is C64H74N6O14. The van der Waals surface area contributed by atoms with Crippen molar-refractivity contribution in [2.24, 2.45) is 0 Å². The number of aromatic hydroxyl groups is 4. The Morgan fingerprint density at radius 2 is 0.667 bits per heavy atom. The molecule has 6 aromatic carbocycles. The molecule has 0 radical (unpaired) electrons. The van der Waals surface area contributed by atoms with Gasteiger partial charge in [-0.2, -0.15) is 0 Å². The number of ether oxygens (including phenoxy) is 7. The molecule has 84 heavy (non-hydrogen) atoms. The predicted molar refractivity (Wildman–Crippen MR) is 317 cm³/mol. The minimum atomic E-state index is -0.865. The van der Waals surface area contributed by atoms with Crippen molar-refractivity contribution in [2.45, 2.75) is 77.6 Å². The van der Waals surface area contributed by atoms with Crippen LogP contribution in [0.4, 0.5) is 0 Å². The summed E-state index contributed by atoms with van der Waals surface area (Å²) in [5.74, 6) is 2.59. The molecule has 444 valence electrons. The number of aliphatic hydroxyl groups excluding tert-OH is 3. The third-order valence-electron chi connectivity index (χ3n) is 12.6. The molecule has 0 aliphatic rings. The molecule has 0 spiro atoms. The van der Waals surface area contributed by atoms with E-state index < -0.39 is 18.3 Å². The first-order chi connectivity index (χ1) is 40.8. The highest BCUT2D eigenvalue weighted by Crippen LogP contribution is 2.38. The van der Waals surface area contributed by atoms with Crippen LogP contribution < -0.4 is 18.9 Å². The summed E-state index contributed by atoms with van der Waals surface area (Å²) >= 11 is 0. The molecule has 7 N–H and O–H groups in total. The molecule has 8 rings (SSSR count). The molecule has 3 unspecified atom stereocenters. The molecule has 2 aromatic heterocycles. The van der Waals surface area contributed by atoms with Crippen LogP contribution in [0, 0.1) is 0 Å². The average molecular weight is 1150 g/mol. The Morgan fingerprint density at radius 1 is 0.345 bits per heavy atom. The Hall–Kier alpha value is -8.50. The van der Waals surface area contributed by atoms with Gasteiger partial charge in [-0.3, -0.25) is 0 Å². The van der Waals surface area contributed by atoms with Gasteiger partial charge in [0.25, 0.3) is 0 Å². The third-order valence-corrected chi connectivity index (χ3v) is 12.6. The van der Waals surface area contributed by atoms with Gasteiger partial charge in [0, 0.05) is 49.1 Å². The van der Waals surface area contributed by atoms with Crippen LogP contribution in [0.5, 0.6) is 46.0 Å². The standard InChI is InChI=1S/C42H57N3O12.C22H17N3O2/c1-4-7-16-52-22-28(46)25-55-31-10-13-34(37(49)19-31)40-43-41(35-14-11-32(20-38(35)50)56-26-29(47)23-53-17-8-5-2)45-42(44-40)36-15-12-33(21-39(36)51)57-27-30(48)24-54-18-9-6-3;1-27-17-13-11-16(12-14-17)21-23-20(15-7-3-2-4-8-15)24-22(25-21)18-9-5-6-10-19(18)26/h10-15,19-21,28-30,46-51H,4-9,16-18,22-27H2,1-3H3;2-14,26H,1H3. The van der Waals surface area contributed by atoms with Gasteiger partial charge < -0.3 is 68.9 Å². The SMILES string of the molecule is CCCCOCC(O)COc1ccc(-c2nc(-c3ccc(OCC(O)COCCCC)cc3O)nc(-c3ccc(OCC(O)COCCCC)cc3O)n2)c(O)c1.COc1ccc(-c2nc(-c3ccccc3)nc(-c3ccccc3O)n2)cc1. The molecule has 3 atom stereocenters. The average Bonchev–Trinajstić information content (AvgIpc) is 3.70. The van der Waals surface area contributed by atoms with Crippen LogP contribution in [0.3, 0.4) is 0 Å². The van der Waals surface area contributed by atoms with Gasteiger partial charge in [0.1, 0.15) is 84.1 Å². The van der Waals surface area contributed by atoms with Crippen molar-refractivity contribution >= 4 is 0 Å². The number of hydrogen-bond donors (Lipinski definition) is 7. The van der Waals surface area contributed by atoms with Gasteiger partial charge in [0.05, 0.1) is 49.2 Å². The van der Waals surface area contributed by atoms with E-state index in [0.29, 0.717) is 42.9 Å². The van der Waals surface area contributed by atoms with E-state index in [4.69, 9.17) is 33.2 Å². The minimum Gasteiger partial charge on any atom is -0.507 e. The van der Waals surface area contributed by atoms with E-state index in [1.165, 1.54) is 18.2 Å². The zero-order valence-corrected chi connectivity index (χ0v) is 47.7. The summed E-state index contributed by atoms with van der Waals surface area (Å²) in [6.07, 6.45) is 3.03. The number of hydrogen-bond acceptors (Lipinski definition) is 20. The Labute approximate surface area is 489 Å². The lowest BCUT2D eigenvalue weighted by molar-refractivity contribution is 0.0113. The van der Waals surface area contributed by atoms with Crippen LogP contribution in [0.1, 0.15) is 59.3 Å². The summed E-state index contributed by atoms with van der Waals surface area (Å²) in [6.45, 7) is 7.97. The normalized spacial score (nSPS) is 12.2. The van der Waals surface area contributed by atoms with Crippen LogP contribution in [-0.2, 0) is 14.2 Å².